The molecule has 1 aromatic carbocycles. The van der Waals surface area contributed by atoms with E-state index in [1.165, 1.54) is 12.1 Å². The Hall–Kier alpha value is -0.890. The van der Waals surface area contributed by atoms with Gasteiger partial charge in [0.05, 0.1) is 6.10 Å². The number of hydrogen-bond donors (Lipinski definition) is 1. The first kappa shape index (κ1) is 12.2. The Balaban J connectivity index is 3.12. The van der Waals surface area contributed by atoms with E-state index in [1.54, 1.807) is 13.0 Å². The molecule has 0 aliphatic rings. The van der Waals surface area contributed by atoms with Gasteiger partial charge in [0.2, 0.25) is 0 Å². The summed E-state index contributed by atoms with van der Waals surface area (Å²) in [4.78, 5) is 0. The molecule has 0 saturated heterocycles. The molecule has 84 valence electrons. The van der Waals surface area contributed by atoms with Gasteiger partial charge in [0.1, 0.15) is 5.82 Å². The molecule has 0 spiro atoms. The number of aryl methyl sites for hydroxylation is 1. The van der Waals surface area contributed by atoms with E-state index >= 15 is 0 Å². The molecule has 0 radical (unpaired) electrons. The predicted molar refractivity (Wildman–Crippen MR) is 60.4 cm³/mol. The third kappa shape index (κ3) is 2.78. The number of hydrogen-bond acceptors (Lipinski definition) is 1. The van der Waals surface area contributed by atoms with Gasteiger partial charge in [-0.15, -0.1) is 0 Å². The first-order chi connectivity index (χ1) is 6.93. The van der Waals surface area contributed by atoms with Crippen molar-refractivity contribution in [3.05, 3.63) is 35.1 Å². The normalized spacial score (nSPS) is 15.4. The van der Waals surface area contributed by atoms with Crippen molar-refractivity contribution in [2.45, 2.75) is 39.7 Å². The summed E-state index contributed by atoms with van der Waals surface area (Å²) in [5, 5.41) is 9.74. The predicted octanol–water partition coefficient (Wildman–Crippen LogP) is 3.25. The second kappa shape index (κ2) is 4.75. The second-order valence-electron chi connectivity index (χ2n) is 4.51. The van der Waals surface area contributed by atoms with Crippen LogP contribution in [0.25, 0.3) is 0 Å². The number of benzene rings is 1. The van der Waals surface area contributed by atoms with Crippen molar-refractivity contribution in [1.29, 1.82) is 0 Å². The van der Waals surface area contributed by atoms with Crippen molar-refractivity contribution in [3.8, 4) is 0 Å². The van der Waals surface area contributed by atoms with E-state index in [1.807, 2.05) is 6.92 Å². The summed E-state index contributed by atoms with van der Waals surface area (Å²) in [6.45, 7) is 7.81. The Labute approximate surface area is 90.9 Å². The van der Waals surface area contributed by atoms with Crippen LogP contribution < -0.4 is 0 Å². The van der Waals surface area contributed by atoms with Gasteiger partial charge in [-0.25, -0.2) is 4.39 Å². The summed E-state index contributed by atoms with van der Waals surface area (Å²) in [5.41, 5.74) is 1.95. The number of aliphatic hydroxyl groups is 1. The first-order valence-corrected chi connectivity index (χ1v) is 5.37. The van der Waals surface area contributed by atoms with Gasteiger partial charge >= 0.3 is 0 Å². The molecular weight excluding hydrogens is 191 g/mol. The fourth-order valence-electron chi connectivity index (χ4n) is 2.19. The highest BCUT2D eigenvalue weighted by molar-refractivity contribution is 5.31. The van der Waals surface area contributed by atoms with Crippen LogP contribution in [0.4, 0.5) is 4.39 Å². The monoisotopic (exact) mass is 210 g/mol. The molecule has 1 aromatic rings. The van der Waals surface area contributed by atoms with Crippen molar-refractivity contribution < 1.29 is 9.50 Å². The Morgan fingerprint density at radius 1 is 1.20 bits per heavy atom. The van der Waals surface area contributed by atoms with Crippen molar-refractivity contribution >= 4 is 0 Å². The lowest BCUT2D eigenvalue weighted by atomic mass is 9.82. The zero-order valence-corrected chi connectivity index (χ0v) is 9.79. The van der Waals surface area contributed by atoms with Gasteiger partial charge in [-0.1, -0.05) is 19.9 Å². The number of halogens is 1. The molecular formula is C13H19FO. The third-order valence-electron chi connectivity index (χ3n) is 2.83. The second-order valence-corrected chi connectivity index (χ2v) is 4.51. The molecule has 0 aromatic heterocycles. The van der Waals surface area contributed by atoms with Crippen LogP contribution in [0.5, 0.6) is 0 Å². The molecule has 0 aliphatic carbocycles. The molecule has 0 saturated carbocycles. The summed E-state index contributed by atoms with van der Waals surface area (Å²) in [6, 6.07) is 4.76. The van der Waals surface area contributed by atoms with Crippen molar-refractivity contribution in [3.63, 3.8) is 0 Å². The molecule has 0 aliphatic heterocycles. The SMILES string of the molecule is Cc1cc(F)ccc1[C@H](C(C)C)[C@H](C)O. The van der Waals surface area contributed by atoms with Crippen molar-refractivity contribution in [2.24, 2.45) is 5.92 Å². The standard InChI is InChI=1S/C13H19FO/c1-8(2)13(10(4)15)12-6-5-11(14)7-9(12)3/h5-8,10,13,15H,1-4H3/t10-,13+/m0/s1. The van der Waals surface area contributed by atoms with E-state index in [0.717, 1.165) is 11.1 Å². The molecule has 0 fully saturated rings. The zero-order chi connectivity index (χ0) is 11.6. The van der Waals surface area contributed by atoms with Gasteiger partial charge in [0.25, 0.3) is 0 Å². The van der Waals surface area contributed by atoms with E-state index in [4.69, 9.17) is 0 Å². The Morgan fingerprint density at radius 2 is 1.80 bits per heavy atom. The van der Waals surface area contributed by atoms with Crippen LogP contribution in [0.1, 0.15) is 37.8 Å². The minimum absolute atomic E-state index is 0.0746. The van der Waals surface area contributed by atoms with Crippen LogP contribution in [0.2, 0.25) is 0 Å². The molecule has 2 heteroatoms. The van der Waals surface area contributed by atoms with E-state index in [2.05, 4.69) is 13.8 Å². The lowest BCUT2D eigenvalue weighted by Crippen LogP contribution is -2.21. The number of rotatable bonds is 3. The lowest BCUT2D eigenvalue weighted by molar-refractivity contribution is 0.140. The maximum absolute atomic E-state index is 13.0. The highest BCUT2D eigenvalue weighted by atomic mass is 19.1. The summed E-state index contributed by atoms with van der Waals surface area (Å²) in [5.74, 6) is 0.198. The quantitative estimate of drug-likeness (QED) is 0.812. The highest BCUT2D eigenvalue weighted by Gasteiger charge is 2.22. The molecule has 2 atom stereocenters. The van der Waals surface area contributed by atoms with Gasteiger partial charge < -0.3 is 5.11 Å². The lowest BCUT2D eigenvalue weighted by Gasteiger charge is -2.25. The van der Waals surface area contributed by atoms with E-state index in [-0.39, 0.29) is 11.7 Å². The van der Waals surface area contributed by atoms with Crippen molar-refractivity contribution in [1.82, 2.24) is 0 Å². The highest BCUT2D eigenvalue weighted by Crippen LogP contribution is 2.30. The smallest absolute Gasteiger partial charge is 0.123 e. The minimum Gasteiger partial charge on any atom is -0.393 e. The van der Waals surface area contributed by atoms with E-state index in [0.29, 0.717) is 5.92 Å². The first-order valence-electron chi connectivity index (χ1n) is 5.37. The molecule has 0 amide bonds. The number of aliphatic hydroxyl groups excluding tert-OH is 1. The molecule has 1 N–H and O–H groups in total. The molecule has 0 unspecified atom stereocenters. The molecule has 15 heavy (non-hydrogen) atoms. The van der Waals surface area contributed by atoms with Crippen molar-refractivity contribution in [2.75, 3.05) is 0 Å². The maximum atomic E-state index is 13.0. The largest absolute Gasteiger partial charge is 0.393 e. The summed E-state index contributed by atoms with van der Waals surface area (Å²) in [7, 11) is 0. The zero-order valence-electron chi connectivity index (χ0n) is 9.79. The average molecular weight is 210 g/mol. The van der Waals surface area contributed by atoms with Crippen LogP contribution in [0.15, 0.2) is 18.2 Å². The Morgan fingerprint density at radius 3 is 2.20 bits per heavy atom. The molecule has 0 heterocycles. The summed E-state index contributed by atoms with van der Waals surface area (Å²) in [6.07, 6.45) is -0.408. The minimum atomic E-state index is -0.408. The summed E-state index contributed by atoms with van der Waals surface area (Å²) < 4.78 is 13.0. The van der Waals surface area contributed by atoms with E-state index < -0.39 is 6.10 Å². The van der Waals surface area contributed by atoms with Gasteiger partial charge in [0, 0.05) is 5.92 Å². The molecule has 1 nitrogen and oxygen atoms in total. The summed E-state index contributed by atoms with van der Waals surface area (Å²) >= 11 is 0. The van der Waals surface area contributed by atoms with Gasteiger partial charge in [-0.3, -0.25) is 0 Å². The van der Waals surface area contributed by atoms with E-state index in [9.17, 15) is 9.50 Å². The fourth-order valence-corrected chi connectivity index (χ4v) is 2.19. The Kier molecular flexibility index (Phi) is 3.86. The van der Waals surface area contributed by atoms with Crippen LogP contribution >= 0.6 is 0 Å². The van der Waals surface area contributed by atoms with Gasteiger partial charge in [0.15, 0.2) is 0 Å². The average Bonchev–Trinajstić information content (AvgIpc) is 2.08. The van der Waals surface area contributed by atoms with Crippen LogP contribution in [-0.2, 0) is 0 Å². The third-order valence-corrected chi connectivity index (χ3v) is 2.83. The topological polar surface area (TPSA) is 20.2 Å². The maximum Gasteiger partial charge on any atom is 0.123 e. The van der Waals surface area contributed by atoms with Gasteiger partial charge in [-0.05, 0) is 43.0 Å². The van der Waals surface area contributed by atoms with Crippen LogP contribution in [-0.4, -0.2) is 11.2 Å². The van der Waals surface area contributed by atoms with Crippen LogP contribution in [0, 0.1) is 18.7 Å². The fraction of sp³-hybridized carbons (Fsp3) is 0.538. The molecule has 0 bridgehead atoms. The Bertz CT molecular complexity index is 323. The van der Waals surface area contributed by atoms with Gasteiger partial charge in [-0.2, -0.15) is 0 Å². The molecule has 1 rings (SSSR count). The van der Waals surface area contributed by atoms with Crippen LogP contribution in [0.3, 0.4) is 0 Å².